The highest BCUT2D eigenvalue weighted by Gasteiger charge is 2.28. The van der Waals surface area contributed by atoms with Gasteiger partial charge in [-0.2, -0.15) is 0 Å². The number of carboxylic acids is 1. The molecular weight excluding hydrogens is 255 g/mol. The third-order valence-electron chi connectivity index (χ3n) is 2.90. The Morgan fingerprint density at radius 2 is 2.16 bits per heavy atom. The summed E-state index contributed by atoms with van der Waals surface area (Å²) in [5.74, 6) is -2.51. The van der Waals surface area contributed by atoms with E-state index in [4.69, 9.17) is 5.11 Å². The summed E-state index contributed by atoms with van der Waals surface area (Å²) < 4.78 is 13.6. The van der Waals surface area contributed by atoms with Gasteiger partial charge in [-0.25, -0.2) is 9.18 Å². The minimum absolute atomic E-state index is 0.0850. The van der Waals surface area contributed by atoms with Crippen LogP contribution in [0.3, 0.4) is 0 Å². The average Bonchev–Trinajstić information content (AvgIpc) is 2.78. The Labute approximate surface area is 108 Å². The van der Waals surface area contributed by atoms with Gasteiger partial charge in [0.05, 0.1) is 23.4 Å². The van der Waals surface area contributed by atoms with Crippen molar-refractivity contribution in [1.82, 2.24) is 5.32 Å². The summed E-state index contributed by atoms with van der Waals surface area (Å²) in [6, 6.07) is 2.67. The Morgan fingerprint density at radius 1 is 1.42 bits per heavy atom. The molecule has 1 fully saturated rings. The number of aliphatic hydroxyl groups is 1. The van der Waals surface area contributed by atoms with E-state index in [1.807, 2.05) is 0 Å². The first kappa shape index (κ1) is 13.4. The number of aromatic carboxylic acids is 1. The Hall–Kier alpha value is -1.99. The fourth-order valence-electron chi connectivity index (χ4n) is 1.89. The first-order valence-electron chi connectivity index (χ1n) is 5.72. The molecule has 0 bridgehead atoms. The van der Waals surface area contributed by atoms with Gasteiger partial charge < -0.3 is 20.8 Å². The Bertz CT molecular complexity index is 520. The largest absolute Gasteiger partial charge is 0.478 e. The maximum Gasteiger partial charge on any atom is 0.335 e. The molecule has 0 saturated carbocycles. The molecule has 1 saturated heterocycles. The standard InChI is InChI=1S/C12H13FN2O4/c13-8-3-6(12(18)19)1-2-9(8)15-11(17)10-4-7(16)5-14-10/h1-3,7,10,14,16H,4-5H2,(H,15,17)(H,18,19). The summed E-state index contributed by atoms with van der Waals surface area (Å²) in [4.78, 5) is 22.4. The SMILES string of the molecule is O=C(O)c1ccc(NC(=O)C2CC(O)CN2)c(F)c1. The van der Waals surface area contributed by atoms with Crippen LogP contribution < -0.4 is 10.6 Å². The minimum atomic E-state index is -1.24. The molecule has 19 heavy (non-hydrogen) atoms. The van der Waals surface area contributed by atoms with Gasteiger partial charge >= 0.3 is 5.97 Å². The summed E-state index contributed by atoms with van der Waals surface area (Å²) in [5.41, 5.74) is -0.275. The van der Waals surface area contributed by atoms with Gasteiger partial charge in [-0.3, -0.25) is 4.79 Å². The molecule has 1 aromatic rings. The molecule has 1 aliphatic heterocycles. The molecular formula is C12H13FN2O4. The quantitative estimate of drug-likeness (QED) is 0.627. The van der Waals surface area contributed by atoms with Gasteiger partial charge in [0.15, 0.2) is 0 Å². The molecule has 1 heterocycles. The number of carboxylic acid groups (broad SMARTS) is 1. The molecule has 102 valence electrons. The number of amides is 1. The molecule has 2 rings (SSSR count). The second kappa shape index (κ2) is 5.33. The number of hydrogen-bond donors (Lipinski definition) is 4. The molecule has 0 radical (unpaired) electrons. The number of aliphatic hydroxyl groups excluding tert-OH is 1. The Kier molecular flexibility index (Phi) is 3.77. The Balaban J connectivity index is 2.07. The maximum atomic E-state index is 13.6. The fraction of sp³-hybridized carbons (Fsp3) is 0.333. The third-order valence-corrected chi connectivity index (χ3v) is 2.90. The minimum Gasteiger partial charge on any atom is -0.478 e. The van der Waals surface area contributed by atoms with E-state index in [0.29, 0.717) is 6.54 Å². The van der Waals surface area contributed by atoms with Crippen molar-refractivity contribution >= 4 is 17.6 Å². The number of β-amino-alcohol motifs (C(OH)–C–C–N with tert-alkyl or cyclic N) is 1. The average molecular weight is 268 g/mol. The highest BCUT2D eigenvalue weighted by Crippen LogP contribution is 2.17. The molecule has 0 aliphatic carbocycles. The number of halogens is 1. The van der Waals surface area contributed by atoms with E-state index in [-0.39, 0.29) is 17.7 Å². The lowest BCUT2D eigenvalue weighted by Gasteiger charge is -2.11. The van der Waals surface area contributed by atoms with Crippen LogP contribution in [0.2, 0.25) is 0 Å². The highest BCUT2D eigenvalue weighted by molar-refractivity contribution is 5.96. The number of anilines is 1. The highest BCUT2D eigenvalue weighted by atomic mass is 19.1. The molecule has 0 spiro atoms. The molecule has 1 aliphatic rings. The molecule has 2 unspecified atom stereocenters. The van der Waals surface area contributed by atoms with Gasteiger partial charge in [-0.15, -0.1) is 0 Å². The van der Waals surface area contributed by atoms with E-state index >= 15 is 0 Å². The van der Waals surface area contributed by atoms with Crippen molar-refractivity contribution in [2.24, 2.45) is 0 Å². The monoisotopic (exact) mass is 268 g/mol. The summed E-state index contributed by atoms with van der Waals surface area (Å²) in [6.45, 7) is 0.318. The van der Waals surface area contributed by atoms with Crippen LogP contribution in [-0.2, 0) is 4.79 Å². The van der Waals surface area contributed by atoms with Gasteiger partial charge in [-0.1, -0.05) is 0 Å². The second-order valence-electron chi connectivity index (χ2n) is 4.34. The van der Waals surface area contributed by atoms with Gasteiger partial charge in [0.1, 0.15) is 5.82 Å². The van der Waals surface area contributed by atoms with E-state index in [0.717, 1.165) is 6.07 Å². The van der Waals surface area contributed by atoms with Crippen molar-refractivity contribution in [3.63, 3.8) is 0 Å². The van der Waals surface area contributed by atoms with Gasteiger partial charge in [-0.05, 0) is 24.6 Å². The fourth-order valence-corrected chi connectivity index (χ4v) is 1.89. The van der Waals surface area contributed by atoms with Crippen molar-refractivity contribution in [2.45, 2.75) is 18.6 Å². The van der Waals surface area contributed by atoms with Crippen molar-refractivity contribution in [1.29, 1.82) is 0 Å². The molecule has 6 nitrogen and oxygen atoms in total. The molecule has 0 aromatic heterocycles. The predicted octanol–water partition coefficient (Wildman–Crippen LogP) is 0.185. The lowest BCUT2D eigenvalue weighted by Crippen LogP contribution is -2.35. The van der Waals surface area contributed by atoms with Crippen LogP contribution in [0.4, 0.5) is 10.1 Å². The maximum absolute atomic E-state index is 13.6. The zero-order chi connectivity index (χ0) is 14.0. The predicted molar refractivity (Wildman–Crippen MR) is 64.4 cm³/mol. The first-order valence-corrected chi connectivity index (χ1v) is 5.72. The molecule has 4 N–H and O–H groups in total. The molecule has 7 heteroatoms. The van der Waals surface area contributed by atoms with Gasteiger partial charge in [0, 0.05) is 6.54 Å². The van der Waals surface area contributed by atoms with Crippen LogP contribution in [0.5, 0.6) is 0 Å². The van der Waals surface area contributed by atoms with E-state index in [2.05, 4.69) is 10.6 Å². The van der Waals surface area contributed by atoms with E-state index in [1.54, 1.807) is 0 Å². The topological polar surface area (TPSA) is 98.7 Å². The van der Waals surface area contributed by atoms with Crippen LogP contribution in [0.1, 0.15) is 16.8 Å². The van der Waals surface area contributed by atoms with Gasteiger partial charge in [0.2, 0.25) is 5.91 Å². The van der Waals surface area contributed by atoms with Crippen LogP contribution in [0, 0.1) is 5.82 Å². The normalized spacial score (nSPS) is 22.2. The van der Waals surface area contributed by atoms with Crippen LogP contribution in [0.25, 0.3) is 0 Å². The lowest BCUT2D eigenvalue weighted by atomic mass is 10.1. The molecule has 1 aromatic carbocycles. The van der Waals surface area contributed by atoms with Crippen molar-refractivity contribution in [3.8, 4) is 0 Å². The summed E-state index contributed by atoms with van der Waals surface area (Å²) >= 11 is 0. The molecule has 1 amide bonds. The summed E-state index contributed by atoms with van der Waals surface area (Å²) in [7, 11) is 0. The van der Waals surface area contributed by atoms with Crippen molar-refractivity contribution in [3.05, 3.63) is 29.6 Å². The number of hydrogen-bond acceptors (Lipinski definition) is 4. The number of carbonyl (C=O) groups is 2. The zero-order valence-corrected chi connectivity index (χ0v) is 9.89. The summed E-state index contributed by atoms with van der Waals surface area (Å²) in [6.07, 6.45) is -0.323. The number of nitrogens with one attached hydrogen (secondary N) is 2. The van der Waals surface area contributed by atoms with Gasteiger partial charge in [0.25, 0.3) is 0 Å². The van der Waals surface area contributed by atoms with Crippen molar-refractivity contribution < 1.29 is 24.2 Å². The zero-order valence-electron chi connectivity index (χ0n) is 9.89. The van der Waals surface area contributed by atoms with E-state index < -0.39 is 29.8 Å². The van der Waals surface area contributed by atoms with Crippen LogP contribution in [0.15, 0.2) is 18.2 Å². The smallest absolute Gasteiger partial charge is 0.335 e. The number of benzene rings is 1. The van der Waals surface area contributed by atoms with E-state index in [1.165, 1.54) is 12.1 Å². The molecule has 2 atom stereocenters. The van der Waals surface area contributed by atoms with Crippen LogP contribution >= 0.6 is 0 Å². The number of rotatable bonds is 3. The Morgan fingerprint density at radius 3 is 2.68 bits per heavy atom. The number of carbonyl (C=O) groups excluding carboxylic acids is 1. The van der Waals surface area contributed by atoms with Crippen molar-refractivity contribution in [2.75, 3.05) is 11.9 Å². The lowest BCUT2D eigenvalue weighted by molar-refractivity contribution is -0.118. The first-order chi connectivity index (χ1) is 8.97. The van der Waals surface area contributed by atoms with Crippen LogP contribution in [-0.4, -0.2) is 40.8 Å². The second-order valence-corrected chi connectivity index (χ2v) is 4.34. The summed E-state index contributed by atoms with van der Waals surface area (Å²) in [5, 5.41) is 23.1. The third kappa shape index (κ3) is 3.07. The van der Waals surface area contributed by atoms with E-state index in [9.17, 15) is 19.1 Å².